The van der Waals surface area contributed by atoms with E-state index in [4.69, 9.17) is 20.4 Å². The largest absolute Gasteiger partial charge is 0.389 e. The van der Waals surface area contributed by atoms with Gasteiger partial charge in [0.2, 0.25) is 0 Å². The maximum atomic E-state index is 8.71. The van der Waals surface area contributed by atoms with Crippen LogP contribution in [0.25, 0.3) is 0 Å². The second kappa shape index (κ2) is 19.7. The van der Waals surface area contributed by atoms with Gasteiger partial charge in [-0.1, -0.05) is 24.3 Å². The van der Waals surface area contributed by atoms with Gasteiger partial charge in [-0.25, -0.2) is 0 Å². The molecule has 4 nitrogen and oxygen atoms in total. The molecular weight excluding hydrogens is 459 g/mol. The summed E-state index contributed by atoms with van der Waals surface area (Å²) >= 11 is 0. The van der Waals surface area contributed by atoms with Gasteiger partial charge in [0, 0.05) is 25.8 Å². The minimum Gasteiger partial charge on any atom is -0.389 e. The minimum absolute atomic E-state index is 0. The van der Waals surface area contributed by atoms with E-state index in [1.165, 1.54) is 24.3 Å². The summed E-state index contributed by atoms with van der Waals surface area (Å²) in [6.07, 6.45) is 5.23. The summed E-state index contributed by atoms with van der Waals surface area (Å²) in [7, 11) is 0. The Morgan fingerprint density at radius 3 is 0.783 bits per heavy atom. The number of hydrogen-bond donors (Lipinski definition) is 4. The molecule has 0 aliphatic rings. The van der Waals surface area contributed by atoms with Crippen molar-refractivity contribution < 1.29 is 46.3 Å². The zero-order chi connectivity index (χ0) is 19.0. The van der Waals surface area contributed by atoms with Gasteiger partial charge in [0.15, 0.2) is 0 Å². The van der Waals surface area contributed by atoms with Gasteiger partial charge >= 0.3 is 0 Å². The normalized spacial score (nSPS) is 11.9. The van der Waals surface area contributed by atoms with E-state index in [2.05, 4.69) is 26.3 Å². The topological polar surface area (TPSA) is 80.9 Å². The maximum absolute atomic E-state index is 8.71. The number of aliphatic hydroxyl groups is 4. The minimum atomic E-state index is -0.694. The predicted octanol–water partition coefficient (Wildman–Crippen LogP) is 2.99. The third kappa shape index (κ3) is 89.7. The van der Waals surface area contributed by atoms with Gasteiger partial charge in [-0.2, -0.15) is 0 Å². The Kier molecular flexibility index (Phi) is 29.2. The Labute approximate surface area is 161 Å². The molecule has 4 N–H and O–H groups in total. The maximum Gasteiger partial charge on any atom is 0.0769 e. The van der Waals surface area contributed by atoms with E-state index < -0.39 is 11.2 Å². The molecule has 136 valence electrons. The quantitative estimate of drug-likeness (QED) is 0.358. The van der Waals surface area contributed by atoms with Crippen LogP contribution >= 0.6 is 0 Å². The summed E-state index contributed by atoms with van der Waals surface area (Å²) in [6, 6.07) is 0. The second-order valence-corrected chi connectivity index (χ2v) is 5.67. The molecular formula is C18H36HfO4. The molecule has 23 heavy (non-hydrogen) atoms. The molecule has 0 amide bonds. The molecule has 0 fully saturated rings. The van der Waals surface area contributed by atoms with Crippen molar-refractivity contribution >= 4 is 0 Å². The van der Waals surface area contributed by atoms with Crippen LogP contribution in [0.4, 0.5) is 0 Å². The Morgan fingerprint density at radius 1 is 0.696 bits per heavy atom. The van der Waals surface area contributed by atoms with Crippen LogP contribution in [0, 0.1) is 0 Å². The van der Waals surface area contributed by atoms with E-state index in [9.17, 15) is 0 Å². The summed E-state index contributed by atoms with van der Waals surface area (Å²) in [4.78, 5) is 0. The Bertz CT molecular complexity index is 254. The average Bonchev–Trinajstić information content (AvgIpc) is 2.39. The van der Waals surface area contributed by atoms with Crippen molar-refractivity contribution in [2.45, 2.75) is 65.0 Å². The smallest absolute Gasteiger partial charge is 0.0769 e. The van der Waals surface area contributed by atoms with Crippen LogP contribution in [0.15, 0.2) is 50.6 Å². The van der Waals surface area contributed by atoms with Gasteiger partial charge in [0.1, 0.15) is 0 Å². The molecule has 0 heterocycles. The molecule has 2 atom stereocenters. The van der Waals surface area contributed by atoms with Gasteiger partial charge < -0.3 is 20.4 Å². The monoisotopic (exact) mass is 496 g/mol. The summed E-state index contributed by atoms with van der Waals surface area (Å²) < 4.78 is 0. The molecule has 0 aromatic rings. The fraction of sp³-hybridized carbons (Fsp3) is 0.556. The van der Waals surface area contributed by atoms with Crippen molar-refractivity contribution in [3.05, 3.63) is 50.6 Å². The van der Waals surface area contributed by atoms with Crippen LogP contribution in [-0.4, -0.2) is 43.8 Å². The van der Waals surface area contributed by atoms with Gasteiger partial charge in [0.05, 0.1) is 23.4 Å². The van der Waals surface area contributed by atoms with Crippen molar-refractivity contribution in [3.8, 4) is 0 Å². The van der Waals surface area contributed by atoms with Crippen molar-refractivity contribution in [1.29, 1.82) is 0 Å². The first kappa shape index (κ1) is 34.1. The molecule has 0 radical (unpaired) electrons. The zero-order valence-corrected chi connectivity index (χ0v) is 19.2. The van der Waals surface area contributed by atoms with Crippen LogP contribution < -0.4 is 0 Å². The van der Waals surface area contributed by atoms with Gasteiger partial charge in [-0.05, 0) is 41.5 Å². The van der Waals surface area contributed by atoms with Crippen LogP contribution in [0.1, 0.15) is 41.5 Å². The zero-order valence-electron chi connectivity index (χ0n) is 15.6. The van der Waals surface area contributed by atoms with E-state index in [1.807, 2.05) is 0 Å². The van der Waals surface area contributed by atoms with E-state index in [0.717, 1.165) is 0 Å². The molecule has 0 rings (SSSR count). The van der Waals surface area contributed by atoms with Crippen molar-refractivity contribution in [3.63, 3.8) is 0 Å². The molecule has 5 heteroatoms. The predicted molar refractivity (Wildman–Crippen MR) is 96.7 cm³/mol. The number of hydrogen-bond acceptors (Lipinski definition) is 4. The van der Waals surface area contributed by atoms with E-state index in [-0.39, 0.29) is 38.1 Å². The summed E-state index contributed by atoms with van der Waals surface area (Å²) in [5.41, 5.74) is -1.39. The van der Waals surface area contributed by atoms with Crippen molar-refractivity contribution in [1.82, 2.24) is 0 Å². The first-order chi connectivity index (χ1) is 9.66. The third-order valence-electron chi connectivity index (χ3n) is 1.68. The fourth-order valence-electron chi connectivity index (χ4n) is 0. The Morgan fingerprint density at radius 2 is 0.783 bits per heavy atom. The van der Waals surface area contributed by atoms with E-state index in [0.29, 0.717) is 0 Å². The second-order valence-electron chi connectivity index (χ2n) is 5.67. The van der Waals surface area contributed by atoms with Crippen molar-refractivity contribution in [2.75, 3.05) is 0 Å². The Balaban J connectivity index is -0.0000000620. The first-order valence-corrected chi connectivity index (χ1v) is 7.00. The molecule has 0 aliphatic heterocycles. The van der Waals surface area contributed by atoms with Gasteiger partial charge in [-0.15, -0.1) is 26.3 Å². The van der Waals surface area contributed by atoms with Crippen LogP contribution in [-0.2, 0) is 25.8 Å². The third-order valence-corrected chi connectivity index (χ3v) is 1.68. The average molecular weight is 495 g/mol. The standard InChI is InChI=1S/2C5H10O.2C4H8O.Hf/c2*1-4-5(2,3)6;2*1-3-4(2)5;/h2*4,6H,1H2,2-3H3;2*3-5H,1H2,2H3;. The summed E-state index contributed by atoms with van der Waals surface area (Å²) in [5, 5.41) is 33.9. The summed E-state index contributed by atoms with van der Waals surface area (Å²) in [6.45, 7) is 23.4. The Hall–Kier alpha value is -0.330. The van der Waals surface area contributed by atoms with Crippen LogP contribution in [0.3, 0.4) is 0 Å². The van der Waals surface area contributed by atoms with Crippen LogP contribution in [0.2, 0.25) is 0 Å². The molecule has 0 aromatic carbocycles. The molecule has 0 saturated carbocycles. The van der Waals surface area contributed by atoms with Crippen molar-refractivity contribution in [2.24, 2.45) is 0 Å². The van der Waals surface area contributed by atoms with Gasteiger partial charge in [0.25, 0.3) is 0 Å². The SMILES string of the molecule is C=CC(C)(C)O.C=CC(C)(C)O.C=CC(C)O.C=CC(C)O.[Hf]. The van der Waals surface area contributed by atoms with E-state index >= 15 is 0 Å². The molecule has 0 aliphatic carbocycles. The fourth-order valence-corrected chi connectivity index (χ4v) is 0. The van der Waals surface area contributed by atoms with Crippen LogP contribution in [0.5, 0.6) is 0 Å². The van der Waals surface area contributed by atoms with E-state index in [1.54, 1.807) is 41.5 Å². The van der Waals surface area contributed by atoms with Gasteiger partial charge in [-0.3, -0.25) is 0 Å². The number of aliphatic hydroxyl groups excluding tert-OH is 2. The molecule has 0 spiro atoms. The molecule has 0 saturated heterocycles. The first-order valence-electron chi connectivity index (χ1n) is 7.00. The molecule has 0 aromatic heterocycles. The summed E-state index contributed by atoms with van der Waals surface area (Å²) in [5.74, 6) is 0. The number of rotatable bonds is 4. The molecule has 2 unspecified atom stereocenters. The molecule has 0 bridgehead atoms.